The molecule has 2 atom stereocenters. The Kier molecular flexibility index (Phi) is 9.98. The first-order valence-electron chi connectivity index (χ1n) is 12.0. The molecule has 4 rings (SSSR count). The molecule has 0 aliphatic heterocycles. The molecule has 0 unspecified atom stereocenters. The largest absolute Gasteiger partial charge is 0.367 e. The predicted molar refractivity (Wildman–Crippen MR) is 146 cm³/mol. The summed E-state index contributed by atoms with van der Waals surface area (Å²) >= 11 is 2.70. The molecule has 0 bridgehead atoms. The number of rotatable bonds is 13. The minimum Gasteiger partial charge on any atom is -0.367 e. The van der Waals surface area contributed by atoms with Gasteiger partial charge >= 0.3 is 0 Å². The number of nitrogens with one attached hydrogen (secondary N) is 2. The highest BCUT2D eigenvalue weighted by molar-refractivity contribution is 7.15. The summed E-state index contributed by atoms with van der Waals surface area (Å²) in [5, 5.41) is 24.7. The summed E-state index contributed by atoms with van der Waals surface area (Å²) in [5.41, 5.74) is 1.54. The van der Waals surface area contributed by atoms with Gasteiger partial charge in [0.15, 0.2) is 12.2 Å². The highest BCUT2D eigenvalue weighted by Gasteiger charge is 2.22. The third-order valence-corrected chi connectivity index (χ3v) is 7.37. The van der Waals surface area contributed by atoms with Crippen molar-refractivity contribution in [2.75, 3.05) is 24.9 Å². The van der Waals surface area contributed by atoms with Crippen molar-refractivity contribution in [3.05, 3.63) is 81.8 Å². The standard InChI is InChI=1S/C26H28N6O4S2/c1-35-21(17-11-5-3-6-12-17)23(33)27-25-31-29-19(37-25)15-9-10-16-20-30-32-26(38-20)28-24(34)22(36-2)18-13-7-4-8-14-18/h3-8,11-14,21-22H,9-10,15-16H2,1-2H3,(H,27,31,33)(H,28,32,34)/t21-,22-/m1/s1. The van der Waals surface area contributed by atoms with Crippen LogP contribution in [0.1, 0.15) is 46.2 Å². The van der Waals surface area contributed by atoms with Gasteiger partial charge in [-0.2, -0.15) is 0 Å². The molecular weight excluding hydrogens is 524 g/mol. The number of unbranched alkanes of at least 4 members (excludes halogenated alkanes) is 1. The quantitative estimate of drug-likeness (QED) is 0.230. The van der Waals surface area contributed by atoms with E-state index in [0.717, 1.165) is 46.8 Å². The molecular formula is C26H28N6O4S2. The number of carbonyl (C=O) groups is 2. The Morgan fingerprint density at radius 3 is 1.45 bits per heavy atom. The van der Waals surface area contributed by atoms with Crippen LogP contribution in [0.2, 0.25) is 0 Å². The Morgan fingerprint density at radius 2 is 1.08 bits per heavy atom. The van der Waals surface area contributed by atoms with Crippen LogP contribution in [0.3, 0.4) is 0 Å². The number of anilines is 2. The molecule has 0 aliphatic rings. The molecule has 0 radical (unpaired) electrons. The lowest BCUT2D eigenvalue weighted by Gasteiger charge is -2.14. The number of carbonyl (C=O) groups excluding carboxylic acids is 2. The molecule has 38 heavy (non-hydrogen) atoms. The van der Waals surface area contributed by atoms with Crippen LogP contribution in [0.4, 0.5) is 10.3 Å². The summed E-state index contributed by atoms with van der Waals surface area (Å²) in [7, 11) is 3.00. The van der Waals surface area contributed by atoms with E-state index in [9.17, 15) is 9.59 Å². The smallest absolute Gasteiger partial charge is 0.259 e. The van der Waals surface area contributed by atoms with Crippen LogP contribution in [0.15, 0.2) is 60.7 Å². The third kappa shape index (κ3) is 7.48. The van der Waals surface area contributed by atoms with Crippen LogP contribution in [0, 0.1) is 0 Å². The van der Waals surface area contributed by atoms with Crippen LogP contribution in [0.25, 0.3) is 0 Å². The van der Waals surface area contributed by atoms with Crippen molar-refractivity contribution in [3.8, 4) is 0 Å². The molecule has 2 aromatic heterocycles. The molecule has 10 nitrogen and oxygen atoms in total. The van der Waals surface area contributed by atoms with Crippen molar-refractivity contribution in [1.82, 2.24) is 20.4 Å². The van der Waals surface area contributed by atoms with Gasteiger partial charge in [0.05, 0.1) is 0 Å². The molecule has 198 valence electrons. The zero-order valence-corrected chi connectivity index (χ0v) is 22.6. The third-order valence-electron chi connectivity index (χ3n) is 5.58. The monoisotopic (exact) mass is 552 g/mol. The molecule has 12 heteroatoms. The maximum atomic E-state index is 12.6. The van der Waals surface area contributed by atoms with E-state index in [-0.39, 0.29) is 11.8 Å². The zero-order chi connectivity index (χ0) is 26.7. The van der Waals surface area contributed by atoms with E-state index in [1.165, 1.54) is 36.9 Å². The maximum Gasteiger partial charge on any atom is 0.259 e. The molecule has 2 amide bonds. The van der Waals surface area contributed by atoms with Crippen molar-refractivity contribution in [2.24, 2.45) is 0 Å². The zero-order valence-electron chi connectivity index (χ0n) is 21.0. The Hall–Kier alpha value is -3.58. The highest BCUT2D eigenvalue weighted by Crippen LogP contribution is 2.24. The van der Waals surface area contributed by atoms with Gasteiger partial charge < -0.3 is 9.47 Å². The van der Waals surface area contributed by atoms with E-state index in [4.69, 9.17) is 9.47 Å². The fraction of sp³-hybridized carbons (Fsp3) is 0.308. The number of hydrogen-bond donors (Lipinski definition) is 2. The number of nitrogens with zero attached hydrogens (tertiary/aromatic N) is 4. The lowest BCUT2D eigenvalue weighted by molar-refractivity contribution is -0.126. The number of benzene rings is 2. The second-order valence-corrected chi connectivity index (χ2v) is 10.4. The lowest BCUT2D eigenvalue weighted by atomic mass is 10.1. The summed E-state index contributed by atoms with van der Waals surface area (Å²) < 4.78 is 10.7. The number of aromatic nitrogens is 4. The summed E-state index contributed by atoms with van der Waals surface area (Å²) in [4.78, 5) is 25.2. The number of amides is 2. The first-order chi connectivity index (χ1) is 18.6. The van der Waals surface area contributed by atoms with Gasteiger partial charge in [-0.25, -0.2) is 0 Å². The second-order valence-electron chi connectivity index (χ2n) is 8.24. The lowest BCUT2D eigenvalue weighted by Crippen LogP contribution is -2.22. The van der Waals surface area contributed by atoms with E-state index in [1.807, 2.05) is 60.7 Å². The topological polar surface area (TPSA) is 128 Å². The summed E-state index contributed by atoms with van der Waals surface area (Å²) in [6.07, 6.45) is 1.76. The molecule has 2 N–H and O–H groups in total. The van der Waals surface area contributed by atoms with E-state index in [0.29, 0.717) is 10.3 Å². The summed E-state index contributed by atoms with van der Waals surface area (Å²) in [5.74, 6) is -0.581. The van der Waals surface area contributed by atoms with Crippen LogP contribution < -0.4 is 10.6 Å². The Labute approximate surface area is 228 Å². The van der Waals surface area contributed by atoms with Crippen LogP contribution in [-0.2, 0) is 31.9 Å². The van der Waals surface area contributed by atoms with Gasteiger partial charge in [0, 0.05) is 27.1 Å². The van der Waals surface area contributed by atoms with Crippen molar-refractivity contribution in [3.63, 3.8) is 0 Å². The van der Waals surface area contributed by atoms with Crippen molar-refractivity contribution in [2.45, 2.75) is 37.9 Å². The van der Waals surface area contributed by atoms with Gasteiger partial charge in [-0.15, -0.1) is 20.4 Å². The Balaban J connectivity index is 1.20. The molecule has 2 aromatic carbocycles. The van der Waals surface area contributed by atoms with Crippen molar-refractivity contribution < 1.29 is 19.1 Å². The van der Waals surface area contributed by atoms with Gasteiger partial charge in [-0.05, 0) is 24.0 Å². The van der Waals surface area contributed by atoms with Gasteiger partial charge in [0.25, 0.3) is 11.8 Å². The first kappa shape index (κ1) is 27.5. The minimum absolute atomic E-state index is 0.291. The maximum absolute atomic E-state index is 12.6. The summed E-state index contributed by atoms with van der Waals surface area (Å²) in [6, 6.07) is 18.6. The van der Waals surface area contributed by atoms with Gasteiger partial charge in [0.1, 0.15) is 10.0 Å². The molecule has 0 saturated carbocycles. The Morgan fingerprint density at radius 1 is 0.684 bits per heavy atom. The van der Waals surface area contributed by atoms with Crippen LogP contribution in [-0.4, -0.2) is 46.4 Å². The molecule has 0 aliphatic carbocycles. The van der Waals surface area contributed by atoms with E-state index in [1.54, 1.807) is 0 Å². The normalized spacial score (nSPS) is 12.6. The summed E-state index contributed by atoms with van der Waals surface area (Å²) in [6.45, 7) is 0. The van der Waals surface area contributed by atoms with Crippen LogP contribution in [0.5, 0.6) is 0 Å². The van der Waals surface area contributed by atoms with E-state index in [2.05, 4.69) is 31.0 Å². The number of hydrogen-bond acceptors (Lipinski definition) is 10. The second kappa shape index (κ2) is 13.8. The molecule has 0 spiro atoms. The molecule has 0 fully saturated rings. The average Bonchev–Trinajstić information content (AvgIpc) is 3.58. The highest BCUT2D eigenvalue weighted by atomic mass is 32.1. The minimum atomic E-state index is -0.719. The molecule has 2 heterocycles. The predicted octanol–water partition coefficient (Wildman–Crippen LogP) is 4.61. The number of ether oxygens (including phenoxy) is 2. The molecule has 0 saturated heterocycles. The van der Waals surface area contributed by atoms with Crippen molar-refractivity contribution in [1.29, 1.82) is 0 Å². The Bertz CT molecular complexity index is 1210. The molecule has 4 aromatic rings. The van der Waals surface area contributed by atoms with Crippen LogP contribution >= 0.6 is 22.7 Å². The number of aryl methyl sites for hydroxylation is 2. The van der Waals surface area contributed by atoms with Crippen molar-refractivity contribution >= 4 is 44.8 Å². The van der Waals surface area contributed by atoms with Gasteiger partial charge in [-0.3, -0.25) is 20.2 Å². The SMILES string of the molecule is CO[C@@H](C(=O)Nc1nnc(CCCCc2nnc(NC(=O)[C@H](OC)c3ccccc3)s2)s1)c1ccccc1. The fourth-order valence-electron chi connectivity index (χ4n) is 3.75. The average molecular weight is 553 g/mol. The van der Waals surface area contributed by atoms with Gasteiger partial charge in [-0.1, -0.05) is 83.3 Å². The van der Waals surface area contributed by atoms with E-state index >= 15 is 0 Å². The fourth-order valence-corrected chi connectivity index (χ4v) is 5.32. The number of methoxy groups -OCH3 is 2. The van der Waals surface area contributed by atoms with Gasteiger partial charge in [0.2, 0.25) is 10.3 Å². The van der Waals surface area contributed by atoms with E-state index < -0.39 is 12.2 Å². The first-order valence-corrected chi connectivity index (χ1v) is 13.6.